The Morgan fingerprint density at radius 2 is 2.15 bits per heavy atom. The number of nitrogens with one attached hydrogen (secondary N) is 1. The van der Waals surface area contributed by atoms with Crippen molar-refractivity contribution in [2.75, 3.05) is 16.8 Å². The van der Waals surface area contributed by atoms with Gasteiger partial charge in [0.05, 0.1) is 21.1 Å². The number of hydrogen-bond acceptors (Lipinski definition) is 5. The molecule has 1 aliphatic heterocycles. The smallest absolute Gasteiger partial charge is 0.229 e. The second kappa shape index (κ2) is 6.42. The molecule has 1 aromatic heterocycles. The van der Waals surface area contributed by atoms with Gasteiger partial charge >= 0.3 is 0 Å². The van der Waals surface area contributed by atoms with Gasteiger partial charge < -0.3 is 15.3 Å². The summed E-state index contributed by atoms with van der Waals surface area (Å²) < 4.78 is 1.08. The molecule has 1 atom stereocenters. The molecule has 2 heterocycles. The summed E-state index contributed by atoms with van der Waals surface area (Å²) in [5.74, 6) is -0.652. The van der Waals surface area contributed by atoms with Crippen molar-refractivity contribution in [2.45, 2.75) is 13.3 Å². The minimum atomic E-state index is -0.433. The van der Waals surface area contributed by atoms with Gasteiger partial charge in [-0.3, -0.25) is 9.59 Å². The number of carbonyl (C=O) groups excluding carboxylic acids is 2. The van der Waals surface area contributed by atoms with E-state index in [1.165, 1.54) is 12.1 Å². The van der Waals surface area contributed by atoms with Crippen LogP contribution in [0.3, 0.4) is 0 Å². The first-order valence-electron chi connectivity index (χ1n) is 8.27. The van der Waals surface area contributed by atoms with E-state index in [0.717, 1.165) is 20.9 Å². The number of phenols is 1. The van der Waals surface area contributed by atoms with E-state index in [0.29, 0.717) is 12.2 Å². The van der Waals surface area contributed by atoms with Crippen LogP contribution in [0.4, 0.5) is 11.4 Å². The Morgan fingerprint density at radius 1 is 1.31 bits per heavy atom. The Kier molecular flexibility index (Phi) is 4.08. The van der Waals surface area contributed by atoms with Gasteiger partial charge in [0.2, 0.25) is 11.8 Å². The molecule has 1 unspecified atom stereocenters. The van der Waals surface area contributed by atoms with E-state index in [1.54, 1.807) is 28.4 Å². The first-order chi connectivity index (χ1) is 12.5. The summed E-state index contributed by atoms with van der Waals surface area (Å²) >= 11 is 1.61. The number of aromatic nitrogens is 1. The highest BCUT2D eigenvalue weighted by Crippen LogP contribution is 2.30. The number of rotatable bonds is 3. The zero-order valence-corrected chi connectivity index (χ0v) is 14.9. The van der Waals surface area contributed by atoms with E-state index in [9.17, 15) is 14.7 Å². The second-order valence-electron chi connectivity index (χ2n) is 6.33. The minimum absolute atomic E-state index is 0.0765. The summed E-state index contributed by atoms with van der Waals surface area (Å²) in [5, 5.41) is 13.2. The maximum atomic E-state index is 12.5. The summed E-state index contributed by atoms with van der Waals surface area (Å²) in [5.41, 5.74) is 2.14. The van der Waals surface area contributed by atoms with Crippen LogP contribution in [0.2, 0.25) is 0 Å². The number of amides is 2. The fourth-order valence-electron chi connectivity index (χ4n) is 3.16. The Bertz CT molecular complexity index is 1010. The van der Waals surface area contributed by atoms with Crippen LogP contribution in [0.15, 0.2) is 42.5 Å². The molecule has 0 spiro atoms. The molecule has 2 N–H and O–H groups in total. The van der Waals surface area contributed by atoms with E-state index < -0.39 is 5.92 Å². The predicted octanol–water partition coefficient (Wildman–Crippen LogP) is 3.30. The average Bonchev–Trinajstić information content (AvgIpc) is 3.16. The van der Waals surface area contributed by atoms with Crippen molar-refractivity contribution < 1.29 is 14.7 Å². The van der Waals surface area contributed by atoms with E-state index in [-0.39, 0.29) is 24.0 Å². The lowest BCUT2D eigenvalue weighted by molar-refractivity contribution is -0.122. The molecular weight excluding hydrogens is 350 g/mol. The van der Waals surface area contributed by atoms with Crippen molar-refractivity contribution in [2.24, 2.45) is 5.92 Å². The van der Waals surface area contributed by atoms with Crippen molar-refractivity contribution in [3.05, 3.63) is 47.5 Å². The van der Waals surface area contributed by atoms with Crippen LogP contribution in [0.5, 0.6) is 5.75 Å². The van der Waals surface area contributed by atoms with Gasteiger partial charge in [0, 0.05) is 30.4 Å². The summed E-state index contributed by atoms with van der Waals surface area (Å²) in [6.45, 7) is 2.28. The molecular formula is C19H17N3O3S. The van der Waals surface area contributed by atoms with Crippen LogP contribution in [0, 0.1) is 12.8 Å². The largest absolute Gasteiger partial charge is 0.508 e. The van der Waals surface area contributed by atoms with E-state index in [1.807, 2.05) is 25.1 Å². The Balaban J connectivity index is 1.51. The molecule has 0 bridgehead atoms. The number of thiazole rings is 1. The number of phenolic OH excluding ortho intramolecular Hbond substituents is 1. The molecule has 2 amide bonds. The topological polar surface area (TPSA) is 82.5 Å². The third kappa shape index (κ3) is 3.13. The van der Waals surface area contributed by atoms with Gasteiger partial charge in [-0.05, 0) is 37.3 Å². The molecule has 3 aromatic rings. The number of anilines is 2. The molecule has 1 saturated heterocycles. The maximum absolute atomic E-state index is 12.5. The summed E-state index contributed by atoms with van der Waals surface area (Å²) in [4.78, 5) is 31.0. The van der Waals surface area contributed by atoms with Gasteiger partial charge in [-0.25, -0.2) is 4.98 Å². The first-order valence-corrected chi connectivity index (χ1v) is 9.09. The van der Waals surface area contributed by atoms with Crippen LogP contribution in [-0.2, 0) is 9.59 Å². The Labute approximate surface area is 154 Å². The number of nitrogens with zero attached hydrogens (tertiary/aromatic N) is 2. The van der Waals surface area contributed by atoms with Crippen molar-refractivity contribution in [3.63, 3.8) is 0 Å². The molecule has 1 aliphatic rings. The number of benzene rings is 2. The Hall–Kier alpha value is -2.93. The van der Waals surface area contributed by atoms with Crippen molar-refractivity contribution >= 4 is 44.7 Å². The summed E-state index contributed by atoms with van der Waals surface area (Å²) in [6.07, 6.45) is 0.165. The number of fused-ring (bicyclic) bond motifs is 1. The zero-order valence-electron chi connectivity index (χ0n) is 14.1. The van der Waals surface area contributed by atoms with E-state index >= 15 is 0 Å². The second-order valence-corrected chi connectivity index (χ2v) is 7.56. The molecule has 4 rings (SSSR count). The van der Waals surface area contributed by atoms with Gasteiger partial charge in [0.15, 0.2) is 0 Å². The van der Waals surface area contributed by atoms with E-state index in [2.05, 4.69) is 10.3 Å². The quantitative estimate of drug-likeness (QED) is 0.744. The average molecular weight is 367 g/mol. The molecule has 0 aliphatic carbocycles. The fourth-order valence-corrected chi connectivity index (χ4v) is 3.97. The number of carbonyl (C=O) groups is 2. The van der Waals surface area contributed by atoms with Gasteiger partial charge in [-0.2, -0.15) is 0 Å². The first kappa shape index (κ1) is 16.5. The standard InChI is InChI=1S/C19H17N3O3S/c1-11-20-16-9-14(5-6-17(16)26-11)22-10-12(7-18(22)24)19(25)21-13-3-2-4-15(23)8-13/h2-6,8-9,12,23H,7,10H2,1H3,(H,21,25). The van der Waals surface area contributed by atoms with Crippen molar-refractivity contribution in [3.8, 4) is 5.75 Å². The normalized spacial score (nSPS) is 17.0. The number of aryl methyl sites for hydroxylation is 1. The van der Waals surface area contributed by atoms with Gasteiger partial charge in [0.1, 0.15) is 5.75 Å². The zero-order chi connectivity index (χ0) is 18.3. The number of aromatic hydroxyl groups is 1. The molecule has 0 saturated carbocycles. The minimum Gasteiger partial charge on any atom is -0.508 e. The molecule has 2 aromatic carbocycles. The van der Waals surface area contributed by atoms with Crippen molar-refractivity contribution in [1.29, 1.82) is 0 Å². The molecule has 6 nitrogen and oxygen atoms in total. The SMILES string of the molecule is Cc1nc2cc(N3CC(C(=O)Nc4cccc(O)c4)CC3=O)ccc2s1. The molecule has 7 heteroatoms. The highest BCUT2D eigenvalue weighted by Gasteiger charge is 2.35. The Morgan fingerprint density at radius 3 is 2.96 bits per heavy atom. The van der Waals surface area contributed by atoms with Crippen LogP contribution in [0.25, 0.3) is 10.2 Å². The predicted molar refractivity (Wildman–Crippen MR) is 102 cm³/mol. The summed E-state index contributed by atoms with van der Waals surface area (Å²) in [6, 6.07) is 12.1. The highest BCUT2D eigenvalue weighted by molar-refractivity contribution is 7.18. The lowest BCUT2D eigenvalue weighted by atomic mass is 10.1. The third-order valence-corrected chi connectivity index (χ3v) is 5.35. The van der Waals surface area contributed by atoms with Crippen LogP contribution < -0.4 is 10.2 Å². The van der Waals surface area contributed by atoms with Gasteiger partial charge in [-0.15, -0.1) is 11.3 Å². The monoisotopic (exact) mass is 367 g/mol. The molecule has 0 radical (unpaired) electrons. The van der Waals surface area contributed by atoms with Gasteiger partial charge in [0.25, 0.3) is 0 Å². The lowest BCUT2D eigenvalue weighted by Gasteiger charge is -2.16. The summed E-state index contributed by atoms with van der Waals surface area (Å²) in [7, 11) is 0. The van der Waals surface area contributed by atoms with Crippen LogP contribution >= 0.6 is 11.3 Å². The number of hydrogen-bond donors (Lipinski definition) is 2. The fraction of sp³-hybridized carbons (Fsp3) is 0.211. The third-order valence-electron chi connectivity index (χ3n) is 4.40. The molecule has 1 fully saturated rings. The highest BCUT2D eigenvalue weighted by atomic mass is 32.1. The van der Waals surface area contributed by atoms with Crippen LogP contribution in [0.1, 0.15) is 11.4 Å². The van der Waals surface area contributed by atoms with Crippen LogP contribution in [-0.4, -0.2) is 28.4 Å². The maximum Gasteiger partial charge on any atom is 0.229 e. The van der Waals surface area contributed by atoms with Crippen molar-refractivity contribution in [1.82, 2.24) is 4.98 Å². The lowest BCUT2D eigenvalue weighted by Crippen LogP contribution is -2.28. The molecule has 132 valence electrons. The van der Waals surface area contributed by atoms with E-state index in [4.69, 9.17) is 0 Å². The van der Waals surface area contributed by atoms with Gasteiger partial charge in [-0.1, -0.05) is 6.07 Å². The molecule has 26 heavy (non-hydrogen) atoms.